The molecule has 2 aromatic carbocycles. The average Bonchev–Trinajstić information content (AvgIpc) is 3.00. The van der Waals surface area contributed by atoms with Crippen molar-refractivity contribution in [1.82, 2.24) is 9.47 Å². The quantitative estimate of drug-likeness (QED) is 0.571. The molecule has 29 heavy (non-hydrogen) atoms. The van der Waals surface area contributed by atoms with Gasteiger partial charge >= 0.3 is 0 Å². The van der Waals surface area contributed by atoms with Crippen LogP contribution in [0.1, 0.15) is 34.0 Å². The number of amides is 1. The summed E-state index contributed by atoms with van der Waals surface area (Å²) in [4.78, 5) is 15.4. The highest BCUT2D eigenvalue weighted by Crippen LogP contribution is 2.45. The number of aryl methyl sites for hydroxylation is 1. The van der Waals surface area contributed by atoms with Crippen LogP contribution in [0.5, 0.6) is 0 Å². The summed E-state index contributed by atoms with van der Waals surface area (Å²) in [6, 6.07) is 13.7. The van der Waals surface area contributed by atoms with E-state index in [9.17, 15) is 4.79 Å². The first-order valence-electron chi connectivity index (χ1n) is 9.84. The van der Waals surface area contributed by atoms with Crippen LogP contribution in [0.4, 0.5) is 0 Å². The maximum atomic E-state index is 13.4. The standard InChI is InChI=1S/C23H22Cl2N2O2/c1-26-20-6-4-3-5-15(20)17-10-14-11-18(22(17)26)21(29-2)12-27(14)23(28)16-8-7-13(24)9-19(16)25/h3-9,14,18,21H,10-12H2,1-2H3/t14-,18+,21+/m1/s1. The first-order chi connectivity index (χ1) is 14.0. The Labute approximate surface area is 180 Å². The van der Waals surface area contributed by atoms with E-state index in [1.807, 2.05) is 4.90 Å². The van der Waals surface area contributed by atoms with E-state index in [0.29, 0.717) is 22.2 Å². The van der Waals surface area contributed by atoms with Crippen LogP contribution in [0.3, 0.4) is 0 Å². The Hall–Kier alpha value is -2.01. The summed E-state index contributed by atoms with van der Waals surface area (Å²) in [5, 5.41) is 2.19. The lowest BCUT2D eigenvalue weighted by Gasteiger charge is -2.47. The molecule has 2 aliphatic rings. The molecule has 1 fully saturated rings. The fourth-order valence-electron chi connectivity index (χ4n) is 5.24. The van der Waals surface area contributed by atoms with Crippen molar-refractivity contribution in [2.75, 3.05) is 13.7 Å². The summed E-state index contributed by atoms with van der Waals surface area (Å²) in [6.45, 7) is 0.560. The normalized spacial score (nSPS) is 23.3. The average molecular weight is 429 g/mol. The van der Waals surface area contributed by atoms with Crippen LogP contribution < -0.4 is 0 Å². The highest BCUT2D eigenvalue weighted by molar-refractivity contribution is 6.36. The number of benzene rings is 2. The smallest absolute Gasteiger partial charge is 0.255 e. The Balaban J connectivity index is 1.58. The van der Waals surface area contributed by atoms with E-state index in [4.69, 9.17) is 27.9 Å². The highest BCUT2D eigenvalue weighted by Gasteiger charge is 2.45. The van der Waals surface area contributed by atoms with E-state index in [0.717, 1.165) is 12.8 Å². The zero-order chi connectivity index (χ0) is 20.3. The van der Waals surface area contributed by atoms with Gasteiger partial charge in [0, 0.05) is 54.3 Å². The van der Waals surface area contributed by atoms with Crippen LogP contribution in [0.2, 0.25) is 10.0 Å². The van der Waals surface area contributed by atoms with Gasteiger partial charge in [-0.3, -0.25) is 4.79 Å². The third-order valence-corrected chi connectivity index (χ3v) is 7.12. The van der Waals surface area contributed by atoms with Crippen molar-refractivity contribution in [3.05, 3.63) is 69.3 Å². The highest BCUT2D eigenvalue weighted by atomic mass is 35.5. The second kappa shape index (κ2) is 7.05. The summed E-state index contributed by atoms with van der Waals surface area (Å²) in [7, 11) is 3.87. The third-order valence-electron chi connectivity index (χ3n) is 6.57. The van der Waals surface area contributed by atoms with Crippen LogP contribution in [-0.4, -0.2) is 41.2 Å². The summed E-state index contributed by atoms with van der Waals surface area (Å²) in [6.07, 6.45) is 1.69. The van der Waals surface area contributed by atoms with Gasteiger partial charge in [0.2, 0.25) is 0 Å². The summed E-state index contributed by atoms with van der Waals surface area (Å²) >= 11 is 12.4. The Morgan fingerprint density at radius 1 is 1.17 bits per heavy atom. The predicted octanol–water partition coefficient (Wildman–Crippen LogP) is 5.05. The Bertz CT molecular complexity index is 1120. The molecule has 0 N–H and O–H groups in total. The monoisotopic (exact) mass is 428 g/mol. The number of fused-ring (bicyclic) bond motifs is 6. The number of piperidine rings is 1. The van der Waals surface area contributed by atoms with Gasteiger partial charge in [-0.15, -0.1) is 0 Å². The third kappa shape index (κ3) is 2.89. The molecule has 0 unspecified atom stereocenters. The number of ether oxygens (including phenoxy) is 1. The summed E-state index contributed by atoms with van der Waals surface area (Å²) in [5.41, 5.74) is 4.42. The number of hydrogen-bond acceptors (Lipinski definition) is 2. The van der Waals surface area contributed by atoms with Gasteiger partial charge in [0.25, 0.3) is 5.91 Å². The number of hydrogen-bond donors (Lipinski definition) is 0. The number of rotatable bonds is 2. The molecule has 2 bridgehead atoms. The SMILES string of the molecule is CO[C@H]1CN(C(=O)c2ccc(Cl)cc2Cl)[C@@H]2Cc3c(n(C)c4ccccc34)[C@H]1C2. The van der Waals surface area contributed by atoms with E-state index < -0.39 is 0 Å². The first-order valence-corrected chi connectivity index (χ1v) is 10.6. The number of carbonyl (C=O) groups is 1. The number of nitrogens with zero attached hydrogens (tertiary/aromatic N) is 2. The van der Waals surface area contributed by atoms with Crippen LogP contribution in [0.15, 0.2) is 42.5 Å². The molecule has 3 atom stereocenters. The van der Waals surface area contributed by atoms with Crippen molar-refractivity contribution in [2.45, 2.75) is 30.9 Å². The molecule has 0 spiro atoms. The van der Waals surface area contributed by atoms with Gasteiger partial charge < -0.3 is 14.2 Å². The number of halogens is 2. The predicted molar refractivity (Wildman–Crippen MR) is 116 cm³/mol. The lowest BCUT2D eigenvalue weighted by molar-refractivity contribution is -0.0114. The van der Waals surface area contributed by atoms with Crippen molar-refractivity contribution in [1.29, 1.82) is 0 Å². The molecule has 1 amide bonds. The number of methoxy groups -OCH3 is 1. The zero-order valence-electron chi connectivity index (χ0n) is 16.4. The van der Waals surface area contributed by atoms with Gasteiger partial charge in [-0.05, 0) is 42.7 Å². The van der Waals surface area contributed by atoms with Gasteiger partial charge in [0.1, 0.15) is 0 Å². The molecule has 3 aromatic rings. The zero-order valence-corrected chi connectivity index (χ0v) is 17.9. The fraction of sp³-hybridized carbons (Fsp3) is 0.348. The van der Waals surface area contributed by atoms with Crippen molar-refractivity contribution in [3.63, 3.8) is 0 Å². The van der Waals surface area contributed by atoms with Crippen LogP contribution in [0, 0.1) is 0 Å². The molecular weight excluding hydrogens is 407 g/mol. The van der Waals surface area contributed by atoms with E-state index in [1.165, 1.54) is 22.2 Å². The molecule has 0 radical (unpaired) electrons. The minimum atomic E-state index is -0.0548. The van der Waals surface area contributed by atoms with Gasteiger partial charge in [-0.2, -0.15) is 0 Å². The minimum Gasteiger partial charge on any atom is -0.379 e. The molecule has 6 heteroatoms. The Kier molecular flexibility index (Phi) is 4.61. The molecule has 1 aromatic heterocycles. The van der Waals surface area contributed by atoms with Gasteiger partial charge in [0.05, 0.1) is 16.7 Å². The molecular formula is C23H22Cl2N2O2. The van der Waals surface area contributed by atoms with E-state index >= 15 is 0 Å². The van der Waals surface area contributed by atoms with Gasteiger partial charge in [0.15, 0.2) is 0 Å². The van der Waals surface area contributed by atoms with Crippen molar-refractivity contribution in [2.24, 2.45) is 7.05 Å². The minimum absolute atomic E-state index is 0.0525. The fourth-order valence-corrected chi connectivity index (χ4v) is 5.73. The van der Waals surface area contributed by atoms with Crippen molar-refractivity contribution < 1.29 is 9.53 Å². The number of carbonyl (C=O) groups excluding carboxylic acids is 1. The molecule has 0 saturated carbocycles. The molecule has 1 saturated heterocycles. The topological polar surface area (TPSA) is 34.5 Å². The summed E-state index contributed by atoms with van der Waals surface area (Å²) in [5.74, 6) is 0.219. The van der Waals surface area contributed by atoms with Crippen molar-refractivity contribution in [3.8, 4) is 0 Å². The lowest BCUT2D eigenvalue weighted by Crippen LogP contribution is -2.55. The molecule has 2 heterocycles. The molecule has 1 aliphatic carbocycles. The van der Waals surface area contributed by atoms with Crippen molar-refractivity contribution >= 4 is 40.0 Å². The largest absolute Gasteiger partial charge is 0.379 e. The maximum Gasteiger partial charge on any atom is 0.255 e. The molecule has 4 nitrogen and oxygen atoms in total. The van der Waals surface area contributed by atoms with E-state index in [1.54, 1.807) is 25.3 Å². The maximum absolute atomic E-state index is 13.4. The molecule has 150 valence electrons. The lowest BCUT2D eigenvalue weighted by atomic mass is 9.76. The Morgan fingerprint density at radius 2 is 1.97 bits per heavy atom. The number of aromatic nitrogens is 1. The van der Waals surface area contributed by atoms with Gasteiger partial charge in [-0.25, -0.2) is 0 Å². The van der Waals surface area contributed by atoms with E-state index in [2.05, 4.69) is 35.9 Å². The number of likely N-dealkylation sites (tertiary alicyclic amines) is 1. The van der Waals surface area contributed by atoms with Crippen LogP contribution >= 0.6 is 23.2 Å². The van der Waals surface area contributed by atoms with E-state index in [-0.39, 0.29) is 24.0 Å². The molecule has 5 rings (SSSR count). The van der Waals surface area contributed by atoms with Crippen LogP contribution in [-0.2, 0) is 18.2 Å². The second-order valence-corrected chi connectivity index (χ2v) is 8.84. The number of para-hydroxylation sites is 1. The van der Waals surface area contributed by atoms with Gasteiger partial charge in [-0.1, -0.05) is 41.4 Å². The first kappa shape index (κ1) is 19.0. The molecule has 1 aliphatic heterocycles. The second-order valence-electron chi connectivity index (χ2n) is 8.00. The summed E-state index contributed by atoms with van der Waals surface area (Å²) < 4.78 is 8.20. The van der Waals surface area contributed by atoms with Crippen LogP contribution in [0.25, 0.3) is 10.9 Å². The Morgan fingerprint density at radius 3 is 2.72 bits per heavy atom.